The molecule has 10 nitrogen and oxygen atoms in total. The van der Waals surface area contributed by atoms with E-state index in [4.69, 9.17) is 20.4 Å². The predicted octanol–water partition coefficient (Wildman–Crippen LogP) is 6.59. The number of ether oxygens (including phenoxy) is 1. The SMILES string of the molecule is CC(=O)Nc1cccc(-c2ccc3nc(-c4cccnc4N)n(-c4ccc(C5(NC(=O)OC(C)(C)C)CCC5)cc4)c3n2)c1. The van der Waals surface area contributed by atoms with Crippen molar-refractivity contribution in [2.24, 2.45) is 0 Å². The highest BCUT2D eigenvalue weighted by molar-refractivity contribution is 5.90. The van der Waals surface area contributed by atoms with Crippen LogP contribution in [0.25, 0.3) is 39.5 Å². The summed E-state index contributed by atoms with van der Waals surface area (Å²) >= 11 is 0. The second kappa shape index (κ2) is 11.1. The minimum atomic E-state index is -0.580. The second-order valence-electron chi connectivity index (χ2n) is 12.1. The molecule has 3 heterocycles. The van der Waals surface area contributed by atoms with Crippen molar-refractivity contribution >= 4 is 34.7 Å². The molecule has 4 N–H and O–H groups in total. The van der Waals surface area contributed by atoms with Gasteiger partial charge < -0.3 is 21.1 Å². The maximum absolute atomic E-state index is 12.7. The number of rotatable bonds is 6. The molecule has 0 spiro atoms. The zero-order valence-corrected chi connectivity index (χ0v) is 25.2. The van der Waals surface area contributed by atoms with Gasteiger partial charge in [-0.15, -0.1) is 0 Å². The zero-order valence-electron chi connectivity index (χ0n) is 25.2. The molecule has 2 aromatic carbocycles. The van der Waals surface area contributed by atoms with Gasteiger partial charge in [-0.25, -0.2) is 19.7 Å². The number of imidazole rings is 1. The van der Waals surface area contributed by atoms with Crippen LogP contribution in [0.15, 0.2) is 79.0 Å². The van der Waals surface area contributed by atoms with E-state index >= 15 is 0 Å². The number of nitrogens with one attached hydrogen (secondary N) is 2. The zero-order chi connectivity index (χ0) is 31.1. The molecular formula is C34H35N7O3. The standard InChI is InChI=1S/C34H35N7O3/c1-21(42)37-24-9-5-8-22(20-24)27-15-16-28-31(38-27)41(30(39-28)26-10-6-19-36-29(26)35)25-13-11-23(12-14-25)34(17-7-18-34)40-32(43)44-33(2,3)4/h5-6,8-16,19-20H,7,17-18H2,1-4H3,(H2,35,36)(H,37,42)(H,40,43). The Balaban J connectivity index is 1.44. The Labute approximate surface area is 255 Å². The minimum Gasteiger partial charge on any atom is -0.444 e. The summed E-state index contributed by atoms with van der Waals surface area (Å²) in [5.41, 5.74) is 11.4. The maximum atomic E-state index is 12.7. The highest BCUT2D eigenvalue weighted by Gasteiger charge is 2.41. The molecule has 0 unspecified atom stereocenters. The van der Waals surface area contributed by atoms with Crippen molar-refractivity contribution in [1.82, 2.24) is 24.8 Å². The van der Waals surface area contributed by atoms with Crippen LogP contribution in [-0.2, 0) is 15.1 Å². The Morgan fingerprint density at radius 1 is 0.977 bits per heavy atom. The van der Waals surface area contributed by atoms with Crippen LogP contribution < -0.4 is 16.4 Å². The molecule has 1 saturated carbocycles. The summed E-state index contributed by atoms with van der Waals surface area (Å²) in [6.07, 6.45) is 3.91. The van der Waals surface area contributed by atoms with Gasteiger partial charge in [0.25, 0.3) is 0 Å². The molecule has 6 rings (SSSR count). The summed E-state index contributed by atoms with van der Waals surface area (Å²) < 4.78 is 7.54. The summed E-state index contributed by atoms with van der Waals surface area (Å²) in [5, 5.41) is 5.96. The maximum Gasteiger partial charge on any atom is 0.408 e. The lowest BCUT2D eigenvalue weighted by molar-refractivity contribution is -0.114. The van der Waals surface area contributed by atoms with E-state index in [1.165, 1.54) is 6.92 Å². The molecular weight excluding hydrogens is 554 g/mol. The number of amides is 2. The number of alkyl carbamates (subject to hydrolysis) is 1. The van der Waals surface area contributed by atoms with Crippen LogP contribution in [0.1, 0.15) is 52.5 Å². The number of fused-ring (bicyclic) bond motifs is 1. The monoisotopic (exact) mass is 589 g/mol. The Bertz CT molecular complexity index is 1870. The van der Waals surface area contributed by atoms with Gasteiger partial charge in [0.15, 0.2) is 11.5 Å². The van der Waals surface area contributed by atoms with Crippen molar-refractivity contribution in [3.8, 4) is 28.3 Å². The average Bonchev–Trinajstić information content (AvgIpc) is 3.33. The third kappa shape index (κ3) is 5.70. The summed E-state index contributed by atoms with van der Waals surface area (Å²) in [6, 6.07) is 23.2. The first kappa shape index (κ1) is 28.9. The number of carbonyl (C=O) groups is 2. The molecule has 0 atom stereocenters. The highest BCUT2D eigenvalue weighted by atomic mass is 16.6. The van der Waals surface area contributed by atoms with Crippen LogP contribution in [0.3, 0.4) is 0 Å². The van der Waals surface area contributed by atoms with Crippen molar-refractivity contribution in [2.45, 2.75) is 58.1 Å². The first-order chi connectivity index (χ1) is 21.0. The average molecular weight is 590 g/mol. The molecule has 0 bridgehead atoms. The molecule has 224 valence electrons. The molecule has 0 radical (unpaired) electrons. The molecule has 1 fully saturated rings. The van der Waals surface area contributed by atoms with Crippen molar-refractivity contribution in [3.05, 3.63) is 84.6 Å². The smallest absolute Gasteiger partial charge is 0.408 e. The van der Waals surface area contributed by atoms with Crippen LogP contribution >= 0.6 is 0 Å². The van der Waals surface area contributed by atoms with Crippen LogP contribution in [0.2, 0.25) is 0 Å². The summed E-state index contributed by atoms with van der Waals surface area (Å²) in [4.78, 5) is 38.6. The van der Waals surface area contributed by atoms with E-state index in [1.54, 1.807) is 6.20 Å². The van der Waals surface area contributed by atoms with Gasteiger partial charge in [-0.2, -0.15) is 0 Å². The van der Waals surface area contributed by atoms with Crippen molar-refractivity contribution < 1.29 is 14.3 Å². The Hall–Kier alpha value is -5.25. The van der Waals surface area contributed by atoms with E-state index in [0.717, 1.165) is 41.8 Å². The lowest BCUT2D eigenvalue weighted by Crippen LogP contribution is -2.52. The Kier molecular flexibility index (Phi) is 7.28. The number of nitrogen functional groups attached to an aromatic ring is 1. The number of anilines is 2. The number of hydrogen-bond acceptors (Lipinski definition) is 7. The van der Waals surface area contributed by atoms with E-state index in [0.29, 0.717) is 34.1 Å². The lowest BCUT2D eigenvalue weighted by Gasteiger charge is -2.43. The molecule has 1 aliphatic rings. The van der Waals surface area contributed by atoms with E-state index in [1.807, 2.05) is 98.1 Å². The van der Waals surface area contributed by atoms with Gasteiger partial charge in [-0.3, -0.25) is 9.36 Å². The first-order valence-corrected chi connectivity index (χ1v) is 14.6. The van der Waals surface area contributed by atoms with Crippen LogP contribution in [0.4, 0.5) is 16.3 Å². The lowest BCUT2D eigenvalue weighted by atomic mass is 9.72. The van der Waals surface area contributed by atoms with Gasteiger partial charge in [-0.1, -0.05) is 24.3 Å². The van der Waals surface area contributed by atoms with Gasteiger partial charge in [0, 0.05) is 30.1 Å². The largest absolute Gasteiger partial charge is 0.444 e. The minimum absolute atomic E-state index is 0.143. The molecule has 2 amide bonds. The second-order valence-corrected chi connectivity index (χ2v) is 12.1. The van der Waals surface area contributed by atoms with Crippen molar-refractivity contribution in [2.75, 3.05) is 11.1 Å². The normalized spacial score (nSPS) is 14.1. The number of nitrogens with two attached hydrogens (primary N) is 1. The molecule has 3 aromatic heterocycles. The van der Waals surface area contributed by atoms with E-state index in [9.17, 15) is 9.59 Å². The molecule has 44 heavy (non-hydrogen) atoms. The summed E-state index contributed by atoms with van der Waals surface area (Å²) in [5.74, 6) is 0.829. The van der Waals surface area contributed by atoms with Crippen molar-refractivity contribution in [1.29, 1.82) is 0 Å². The predicted molar refractivity (Wildman–Crippen MR) is 171 cm³/mol. The number of hydrogen-bond donors (Lipinski definition) is 3. The highest BCUT2D eigenvalue weighted by Crippen LogP contribution is 2.42. The molecule has 1 aliphatic carbocycles. The van der Waals surface area contributed by atoms with Crippen LogP contribution in [-0.4, -0.2) is 37.1 Å². The number of aromatic nitrogens is 4. The molecule has 10 heteroatoms. The number of carbonyl (C=O) groups excluding carboxylic acids is 2. The quantitative estimate of drug-likeness (QED) is 0.203. The fraction of sp³-hybridized carbons (Fsp3) is 0.265. The van der Waals surface area contributed by atoms with Crippen molar-refractivity contribution in [3.63, 3.8) is 0 Å². The van der Waals surface area contributed by atoms with Crippen LogP contribution in [0.5, 0.6) is 0 Å². The third-order valence-electron chi connectivity index (χ3n) is 7.69. The Morgan fingerprint density at radius 3 is 2.41 bits per heavy atom. The third-order valence-corrected chi connectivity index (χ3v) is 7.69. The Morgan fingerprint density at radius 2 is 1.75 bits per heavy atom. The fourth-order valence-electron chi connectivity index (χ4n) is 5.55. The van der Waals surface area contributed by atoms with Gasteiger partial charge in [0.2, 0.25) is 5.91 Å². The van der Waals surface area contributed by atoms with Gasteiger partial charge in [-0.05, 0) is 94.1 Å². The van der Waals surface area contributed by atoms with Gasteiger partial charge in [0.1, 0.15) is 16.9 Å². The molecule has 0 aliphatic heterocycles. The van der Waals surface area contributed by atoms with E-state index in [-0.39, 0.29) is 5.91 Å². The van der Waals surface area contributed by atoms with E-state index < -0.39 is 17.2 Å². The van der Waals surface area contributed by atoms with Gasteiger partial charge in [0.05, 0.1) is 16.8 Å². The molecule has 5 aromatic rings. The number of nitrogens with zero attached hydrogens (tertiary/aromatic N) is 4. The number of pyridine rings is 2. The van der Waals surface area contributed by atoms with Crippen LogP contribution in [0, 0.1) is 0 Å². The first-order valence-electron chi connectivity index (χ1n) is 14.6. The fourth-order valence-corrected chi connectivity index (χ4v) is 5.55. The van der Waals surface area contributed by atoms with Gasteiger partial charge >= 0.3 is 6.09 Å². The number of benzene rings is 2. The topological polar surface area (TPSA) is 137 Å². The van der Waals surface area contributed by atoms with E-state index in [2.05, 4.69) is 15.6 Å². The molecule has 0 saturated heterocycles. The summed E-state index contributed by atoms with van der Waals surface area (Å²) in [7, 11) is 0. The summed E-state index contributed by atoms with van der Waals surface area (Å²) in [6.45, 7) is 7.05.